The SMILES string of the molecule is CCNC(c1cc(Br)ccc1C)c1ccc(F)c(F)c1F. The fraction of sp³-hybridized carbons (Fsp3) is 0.250. The molecule has 0 saturated carbocycles. The van der Waals surface area contributed by atoms with Crippen LogP contribution in [-0.4, -0.2) is 6.54 Å². The first-order chi connectivity index (χ1) is 9.95. The van der Waals surface area contributed by atoms with Gasteiger partial charge in [-0.3, -0.25) is 0 Å². The lowest BCUT2D eigenvalue weighted by Gasteiger charge is -2.22. The molecular weight excluding hydrogens is 343 g/mol. The molecule has 21 heavy (non-hydrogen) atoms. The van der Waals surface area contributed by atoms with E-state index in [0.29, 0.717) is 6.54 Å². The molecule has 1 unspecified atom stereocenters. The van der Waals surface area contributed by atoms with Crippen LogP contribution in [0.3, 0.4) is 0 Å². The van der Waals surface area contributed by atoms with Gasteiger partial charge in [-0.05, 0) is 42.8 Å². The van der Waals surface area contributed by atoms with E-state index in [4.69, 9.17) is 0 Å². The van der Waals surface area contributed by atoms with E-state index in [1.54, 1.807) is 0 Å². The summed E-state index contributed by atoms with van der Waals surface area (Å²) in [4.78, 5) is 0. The summed E-state index contributed by atoms with van der Waals surface area (Å²) in [5, 5.41) is 3.12. The molecule has 0 heterocycles. The minimum atomic E-state index is -1.44. The van der Waals surface area contributed by atoms with E-state index in [0.717, 1.165) is 21.7 Å². The molecule has 0 aliphatic carbocycles. The summed E-state index contributed by atoms with van der Waals surface area (Å²) in [5.41, 5.74) is 1.85. The van der Waals surface area contributed by atoms with Gasteiger partial charge in [0.2, 0.25) is 0 Å². The lowest BCUT2D eigenvalue weighted by atomic mass is 9.94. The first-order valence-electron chi connectivity index (χ1n) is 6.58. The van der Waals surface area contributed by atoms with Crippen molar-refractivity contribution in [2.45, 2.75) is 19.9 Å². The van der Waals surface area contributed by atoms with Gasteiger partial charge in [0.25, 0.3) is 0 Å². The maximum atomic E-state index is 14.1. The molecule has 5 heteroatoms. The number of nitrogens with one attached hydrogen (secondary N) is 1. The summed E-state index contributed by atoms with van der Waals surface area (Å²) in [6, 6.07) is 7.31. The molecule has 2 rings (SSSR count). The smallest absolute Gasteiger partial charge is 0.194 e. The highest BCUT2D eigenvalue weighted by atomic mass is 79.9. The summed E-state index contributed by atoms with van der Waals surface area (Å²) in [6.45, 7) is 4.33. The summed E-state index contributed by atoms with van der Waals surface area (Å²) in [6.07, 6.45) is 0. The van der Waals surface area contributed by atoms with Crippen LogP contribution in [0.1, 0.15) is 29.7 Å². The molecular formula is C16H15BrF3N. The van der Waals surface area contributed by atoms with Gasteiger partial charge in [-0.15, -0.1) is 0 Å². The molecule has 0 radical (unpaired) electrons. The normalized spacial score (nSPS) is 12.5. The molecule has 2 aromatic rings. The predicted octanol–water partition coefficient (Wildman–Crippen LogP) is 4.87. The molecule has 0 aromatic heterocycles. The third-order valence-electron chi connectivity index (χ3n) is 3.34. The van der Waals surface area contributed by atoms with E-state index in [1.807, 2.05) is 32.0 Å². The van der Waals surface area contributed by atoms with Crippen molar-refractivity contribution in [3.8, 4) is 0 Å². The fourth-order valence-electron chi connectivity index (χ4n) is 2.28. The monoisotopic (exact) mass is 357 g/mol. The average Bonchev–Trinajstić information content (AvgIpc) is 2.46. The molecule has 0 amide bonds. The van der Waals surface area contributed by atoms with E-state index < -0.39 is 23.5 Å². The van der Waals surface area contributed by atoms with Gasteiger partial charge in [-0.1, -0.05) is 35.0 Å². The Morgan fingerprint density at radius 1 is 1.05 bits per heavy atom. The van der Waals surface area contributed by atoms with Crippen LogP contribution in [0, 0.1) is 24.4 Å². The quantitative estimate of drug-likeness (QED) is 0.769. The first kappa shape index (κ1) is 16.0. The molecule has 112 valence electrons. The Kier molecular flexibility index (Phi) is 5.06. The van der Waals surface area contributed by atoms with Gasteiger partial charge in [0.05, 0.1) is 6.04 Å². The van der Waals surface area contributed by atoms with Crippen molar-refractivity contribution in [1.82, 2.24) is 5.32 Å². The molecule has 0 aliphatic heterocycles. The highest BCUT2D eigenvalue weighted by Crippen LogP contribution is 2.30. The summed E-state index contributed by atoms with van der Waals surface area (Å²) < 4.78 is 41.5. The minimum Gasteiger partial charge on any atom is -0.306 e. The molecule has 1 atom stereocenters. The van der Waals surface area contributed by atoms with Crippen molar-refractivity contribution in [3.63, 3.8) is 0 Å². The Hall–Kier alpha value is -1.33. The van der Waals surface area contributed by atoms with E-state index in [9.17, 15) is 13.2 Å². The lowest BCUT2D eigenvalue weighted by Crippen LogP contribution is -2.24. The first-order valence-corrected chi connectivity index (χ1v) is 7.37. The zero-order chi connectivity index (χ0) is 15.6. The second-order valence-electron chi connectivity index (χ2n) is 4.76. The summed E-state index contributed by atoms with van der Waals surface area (Å²) in [5.74, 6) is -3.78. The van der Waals surface area contributed by atoms with Crippen molar-refractivity contribution in [2.24, 2.45) is 0 Å². The molecule has 1 nitrogen and oxygen atoms in total. The van der Waals surface area contributed by atoms with Crippen LogP contribution in [0.4, 0.5) is 13.2 Å². The Morgan fingerprint density at radius 3 is 2.43 bits per heavy atom. The van der Waals surface area contributed by atoms with E-state index in [1.165, 1.54) is 6.07 Å². The van der Waals surface area contributed by atoms with Crippen LogP contribution >= 0.6 is 15.9 Å². The molecule has 1 N–H and O–H groups in total. The standard InChI is InChI=1S/C16H15BrF3N/c1-3-21-16(12-8-10(17)5-4-9(12)2)11-6-7-13(18)15(20)14(11)19/h4-8,16,21H,3H2,1-2H3. The predicted molar refractivity (Wildman–Crippen MR) is 80.7 cm³/mol. The van der Waals surface area contributed by atoms with Crippen LogP contribution in [0.5, 0.6) is 0 Å². The zero-order valence-electron chi connectivity index (χ0n) is 11.7. The number of rotatable bonds is 4. The number of hydrogen-bond acceptors (Lipinski definition) is 1. The molecule has 2 aromatic carbocycles. The maximum absolute atomic E-state index is 14.1. The van der Waals surface area contributed by atoms with Crippen LogP contribution < -0.4 is 5.32 Å². The topological polar surface area (TPSA) is 12.0 Å². The van der Waals surface area contributed by atoms with Crippen molar-refractivity contribution in [1.29, 1.82) is 0 Å². The maximum Gasteiger partial charge on any atom is 0.194 e. The Bertz CT molecular complexity index is 658. The van der Waals surface area contributed by atoms with Gasteiger partial charge in [-0.2, -0.15) is 0 Å². The highest BCUT2D eigenvalue weighted by molar-refractivity contribution is 9.10. The summed E-state index contributed by atoms with van der Waals surface area (Å²) in [7, 11) is 0. The Morgan fingerprint density at radius 2 is 1.76 bits per heavy atom. The summed E-state index contributed by atoms with van der Waals surface area (Å²) >= 11 is 3.38. The van der Waals surface area contributed by atoms with Gasteiger partial charge >= 0.3 is 0 Å². The molecule has 0 spiro atoms. The number of benzene rings is 2. The second-order valence-corrected chi connectivity index (χ2v) is 5.67. The fourth-order valence-corrected chi connectivity index (χ4v) is 2.66. The number of halogens is 4. The van der Waals surface area contributed by atoms with Crippen LogP contribution in [0.25, 0.3) is 0 Å². The van der Waals surface area contributed by atoms with E-state index in [2.05, 4.69) is 21.2 Å². The van der Waals surface area contributed by atoms with Crippen molar-refractivity contribution in [3.05, 3.63) is 68.9 Å². The third kappa shape index (κ3) is 3.30. The highest BCUT2D eigenvalue weighted by Gasteiger charge is 2.23. The van der Waals surface area contributed by atoms with Gasteiger partial charge < -0.3 is 5.32 Å². The van der Waals surface area contributed by atoms with Gasteiger partial charge in [-0.25, -0.2) is 13.2 Å². The van der Waals surface area contributed by atoms with Crippen molar-refractivity contribution in [2.75, 3.05) is 6.54 Å². The molecule has 0 bridgehead atoms. The van der Waals surface area contributed by atoms with Gasteiger partial charge in [0.15, 0.2) is 17.5 Å². The van der Waals surface area contributed by atoms with Crippen LogP contribution in [-0.2, 0) is 0 Å². The average molecular weight is 358 g/mol. The van der Waals surface area contributed by atoms with Gasteiger partial charge in [0, 0.05) is 10.0 Å². The van der Waals surface area contributed by atoms with Crippen molar-refractivity contribution < 1.29 is 13.2 Å². The van der Waals surface area contributed by atoms with Crippen molar-refractivity contribution >= 4 is 15.9 Å². The van der Waals surface area contributed by atoms with E-state index in [-0.39, 0.29) is 5.56 Å². The Labute approximate surface area is 130 Å². The molecule has 0 fully saturated rings. The second kappa shape index (κ2) is 6.62. The zero-order valence-corrected chi connectivity index (χ0v) is 13.3. The van der Waals surface area contributed by atoms with Crippen LogP contribution in [0.2, 0.25) is 0 Å². The number of hydrogen-bond donors (Lipinski definition) is 1. The molecule has 0 aliphatic rings. The minimum absolute atomic E-state index is 0.0944. The lowest BCUT2D eigenvalue weighted by molar-refractivity contribution is 0.433. The Balaban J connectivity index is 2.59. The van der Waals surface area contributed by atoms with Gasteiger partial charge in [0.1, 0.15) is 0 Å². The number of aryl methyl sites for hydroxylation is 1. The molecule has 0 saturated heterocycles. The largest absolute Gasteiger partial charge is 0.306 e. The third-order valence-corrected chi connectivity index (χ3v) is 3.83. The van der Waals surface area contributed by atoms with E-state index >= 15 is 0 Å². The van der Waals surface area contributed by atoms with Crippen LogP contribution in [0.15, 0.2) is 34.8 Å².